The zero-order valence-corrected chi connectivity index (χ0v) is 14.3. The van der Waals surface area contributed by atoms with Crippen LogP contribution in [0.1, 0.15) is 17.2 Å². The van der Waals surface area contributed by atoms with Crippen molar-refractivity contribution < 1.29 is 31.1 Å². The summed E-state index contributed by atoms with van der Waals surface area (Å²) in [5.74, 6) is 0.494. The number of benzene rings is 2. The Morgan fingerprint density at radius 3 is 1.74 bits per heavy atom. The zero-order valence-electron chi connectivity index (χ0n) is 14.3. The van der Waals surface area contributed by atoms with Crippen LogP contribution in [0.25, 0.3) is 0 Å². The summed E-state index contributed by atoms with van der Waals surface area (Å²) in [6.07, 6.45) is -9.01. The topological polar surface area (TPSA) is 33.6 Å². The molecule has 2 rings (SSSR count). The molecule has 3 nitrogen and oxygen atoms in total. The number of aliphatic imine (C=N–C) groups is 1. The number of nitrogens with one attached hydrogen (secondary N) is 1. The third-order valence-corrected chi connectivity index (χ3v) is 3.69. The molecule has 2 aromatic rings. The van der Waals surface area contributed by atoms with Crippen LogP contribution in [-0.2, 0) is 0 Å². The van der Waals surface area contributed by atoms with E-state index in [2.05, 4.69) is 10.3 Å². The molecule has 0 bridgehead atoms. The van der Waals surface area contributed by atoms with Crippen LogP contribution in [-0.4, -0.2) is 32.2 Å². The fraction of sp³-hybridized carbons (Fsp3) is 0.278. The van der Waals surface area contributed by atoms with E-state index in [0.29, 0.717) is 0 Å². The molecular formula is C18H16F6N2O. The average molecular weight is 390 g/mol. The molecule has 27 heavy (non-hydrogen) atoms. The van der Waals surface area contributed by atoms with Gasteiger partial charge in [0, 0.05) is 12.6 Å². The lowest BCUT2D eigenvalue weighted by molar-refractivity contribution is -0.156. The highest BCUT2D eigenvalue weighted by atomic mass is 19.4. The lowest BCUT2D eigenvalue weighted by atomic mass is 10.1. The summed E-state index contributed by atoms with van der Waals surface area (Å²) in [5, 5.41) is 2.19. The van der Waals surface area contributed by atoms with Gasteiger partial charge in [0.1, 0.15) is 23.3 Å². The van der Waals surface area contributed by atoms with Crippen molar-refractivity contribution in [1.82, 2.24) is 5.32 Å². The van der Waals surface area contributed by atoms with Gasteiger partial charge in [-0.1, -0.05) is 12.1 Å². The van der Waals surface area contributed by atoms with Crippen LogP contribution in [0, 0.1) is 0 Å². The summed E-state index contributed by atoms with van der Waals surface area (Å²) < 4.78 is 82.6. The molecule has 9 heteroatoms. The van der Waals surface area contributed by atoms with Crippen molar-refractivity contribution >= 4 is 5.71 Å². The Morgan fingerprint density at radius 1 is 0.889 bits per heavy atom. The van der Waals surface area contributed by atoms with Crippen molar-refractivity contribution in [2.75, 3.05) is 14.1 Å². The minimum Gasteiger partial charge on any atom is -0.457 e. The van der Waals surface area contributed by atoms with Crippen molar-refractivity contribution in [3.05, 3.63) is 59.7 Å². The third-order valence-electron chi connectivity index (χ3n) is 3.69. The number of alkyl halides is 6. The number of rotatable bonds is 5. The normalized spacial score (nSPS) is 14.1. The van der Waals surface area contributed by atoms with Crippen LogP contribution in [0.15, 0.2) is 53.5 Å². The average Bonchev–Trinajstić information content (AvgIpc) is 2.57. The second-order valence-corrected chi connectivity index (χ2v) is 5.53. The van der Waals surface area contributed by atoms with Crippen LogP contribution < -0.4 is 10.1 Å². The molecule has 2 aromatic carbocycles. The van der Waals surface area contributed by atoms with E-state index < -0.39 is 24.1 Å². The van der Waals surface area contributed by atoms with Crippen molar-refractivity contribution in [3.63, 3.8) is 0 Å². The van der Waals surface area contributed by atoms with Crippen molar-refractivity contribution in [2.45, 2.75) is 18.4 Å². The molecule has 1 N–H and O–H groups in total. The predicted molar refractivity (Wildman–Crippen MR) is 89.3 cm³/mol. The smallest absolute Gasteiger partial charge is 0.433 e. The van der Waals surface area contributed by atoms with Gasteiger partial charge < -0.3 is 10.1 Å². The Hall–Kier alpha value is -2.55. The van der Waals surface area contributed by atoms with Gasteiger partial charge in [0.15, 0.2) is 0 Å². The standard InChI is InChI=1S/C18H16F6N2O/c1-25-15(17(19,20)21)11-3-7-13(8-4-11)27-14-9-5-12(6-10-14)16(26-2)18(22,23)24/h3-10,15,25H,1-2H3/b26-16+. The van der Waals surface area contributed by atoms with Crippen LogP contribution in [0.3, 0.4) is 0 Å². The maximum Gasteiger partial charge on any atom is 0.433 e. The molecule has 1 unspecified atom stereocenters. The molecule has 0 heterocycles. The second-order valence-electron chi connectivity index (χ2n) is 5.53. The summed E-state index contributed by atoms with van der Waals surface area (Å²) in [6.45, 7) is 0. The second kappa shape index (κ2) is 7.99. The molecule has 0 fully saturated rings. The van der Waals surface area contributed by atoms with Gasteiger partial charge in [0.25, 0.3) is 0 Å². The van der Waals surface area contributed by atoms with Crippen LogP contribution >= 0.6 is 0 Å². The number of hydrogen-bond donors (Lipinski definition) is 1. The van der Waals surface area contributed by atoms with E-state index in [0.717, 1.165) is 7.05 Å². The highest BCUT2D eigenvalue weighted by Gasteiger charge is 2.39. The molecule has 0 saturated carbocycles. The molecule has 0 aliphatic carbocycles. The summed E-state index contributed by atoms with van der Waals surface area (Å²) in [7, 11) is 2.26. The van der Waals surface area contributed by atoms with Crippen molar-refractivity contribution in [3.8, 4) is 11.5 Å². The SMILES string of the molecule is C/N=C(\c1ccc(Oc2ccc(C(NC)C(F)(F)F)cc2)cc1)C(F)(F)F. The first-order chi connectivity index (χ1) is 12.6. The van der Waals surface area contributed by atoms with Gasteiger partial charge in [-0.2, -0.15) is 26.3 Å². The number of hydrogen-bond acceptors (Lipinski definition) is 3. The molecule has 0 aromatic heterocycles. The molecule has 0 radical (unpaired) electrons. The van der Waals surface area contributed by atoms with Gasteiger partial charge in [-0.05, 0) is 49.0 Å². The Bertz CT molecular complexity index is 779. The summed E-state index contributed by atoms with van der Waals surface area (Å²) in [6, 6.07) is 8.51. The fourth-order valence-corrected chi connectivity index (χ4v) is 2.48. The minimum absolute atomic E-state index is 0.0154. The molecule has 0 aliphatic rings. The first-order valence-electron chi connectivity index (χ1n) is 7.72. The quantitative estimate of drug-likeness (QED) is 0.557. The number of nitrogens with zero attached hydrogens (tertiary/aromatic N) is 1. The lowest BCUT2D eigenvalue weighted by Gasteiger charge is -2.20. The van der Waals surface area contributed by atoms with E-state index >= 15 is 0 Å². The number of halogens is 6. The molecule has 0 aliphatic heterocycles. The van der Waals surface area contributed by atoms with Gasteiger partial charge in [0.05, 0.1) is 0 Å². The van der Waals surface area contributed by atoms with E-state index in [4.69, 9.17) is 4.74 Å². The molecular weight excluding hydrogens is 374 g/mol. The molecule has 1 atom stereocenters. The van der Waals surface area contributed by atoms with Gasteiger partial charge in [-0.25, -0.2) is 0 Å². The monoisotopic (exact) mass is 390 g/mol. The Balaban J connectivity index is 2.14. The first-order valence-corrected chi connectivity index (χ1v) is 7.72. The molecule has 0 amide bonds. The highest BCUT2D eigenvalue weighted by Crippen LogP contribution is 2.33. The third kappa shape index (κ3) is 5.22. The van der Waals surface area contributed by atoms with Gasteiger partial charge in [-0.15, -0.1) is 0 Å². The zero-order chi connectivity index (χ0) is 20.2. The highest BCUT2D eigenvalue weighted by molar-refractivity contribution is 6.04. The van der Waals surface area contributed by atoms with E-state index in [9.17, 15) is 26.3 Å². The van der Waals surface area contributed by atoms with Crippen molar-refractivity contribution in [2.24, 2.45) is 4.99 Å². The van der Waals surface area contributed by atoms with E-state index in [1.165, 1.54) is 55.6 Å². The maximum atomic E-state index is 12.9. The summed E-state index contributed by atoms with van der Waals surface area (Å²) >= 11 is 0. The molecule has 0 spiro atoms. The van der Waals surface area contributed by atoms with Crippen LogP contribution in [0.4, 0.5) is 26.3 Å². The predicted octanol–water partition coefficient (Wildman–Crippen LogP) is 5.28. The van der Waals surface area contributed by atoms with Gasteiger partial charge in [-0.3, -0.25) is 4.99 Å². The van der Waals surface area contributed by atoms with Crippen LogP contribution in [0.5, 0.6) is 11.5 Å². The fourth-order valence-electron chi connectivity index (χ4n) is 2.48. The van der Waals surface area contributed by atoms with E-state index in [-0.39, 0.29) is 22.6 Å². The largest absolute Gasteiger partial charge is 0.457 e. The Morgan fingerprint density at radius 2 is 1.37 bits per heavy atom. The summed E-state index contributed by atoms with van der Waals surface area (Å²) in [5.41, 5.74) is -1.11. The van der Waals surface area contributed by atoms with Crippen molar-refractivity contribution in [1.29, 1.82) is 0 Å². The first kappa shape index (κ1) is 20.8. The minimum atomic E-state index is -4.57. The summed E-state index contributed by atoms with van der Waals surface area (Å²) in [4.78, 5) is 3.25. The molecule has 0 saturated heterocycles. The molecule has 146 valence electrons. The lowest BCUT2D eigenvalue weighted by Crippen LogP contribution is -2.31. The Kier molecular flexibility index (Phi) is 6.15. The van der Waals surface area contributed by atoms with Gasteiger partial charge >= 0.3 is 12.4 Å². The van der Waals surface area contributed by atoms with E-state index in [1.54, 1.807) is 0 Å². The Labute approximate surface area is 151 Å². The van der Waals surface area contributed by atoms with Gasteiger partial charge in [0.2, 0.25) is 0 Å². The van der Waals surface area contributed by atoms with E-state index in [1.807, 2.05) is 0 Å². The maximum absolute atomic E-state index is 12.9. The number of ether oxygens (including phenoxy) is 1. The van der Waals surface area contributed by atoms with Crippen LogP contribution in [0.2, 0.25) is 0 Å².